The molecular formula is C10H22O. The van der Waals surface area contributed by atoms with Crippen LogP contribution in [0.2, 0.25) is 0 Å². The van der Waals surface area contributed by atoms with Gasteiger partial charge in [-0.05, 0) is 25.7 Å². The molecule has 0 spiro atoms. The molecule has 0 bridgehead atoms. The second-order valence-corrected chi connectivity index (χ2v) is 3.34. The van der Waals surface area contributed by atoms with Crippen molar-refractivity contribution in [3.05, 3.63) is 0 Å². The standard InChI is InChI=1S/C10H22O/c1-5-7-9(3)10(4)11-8-6-2/h9-10H,5-8H2,1-4H3. The molecule has 0 heterocycles. The van der Waals surface area contributed by atoms with Gasteiger partial charge in [-0.1, -0.05) is 27.2 Å². The summed E-state index contributed by atoms with van der Waals surface area (Å²) >= 11 is 0. The Kier molecular flexibility index (Phi) is 6.63. The quantitative estimate of drug-likeness (QED) is 0.576. The Morgan fingerprint density at radius 1 is 1.09 bits per heavy atom. The topological polar surface area (TPSA) is 9.23 Å². The van der Waals surface area contributed by atoms with Gasteiger partial charge in [0.1, 0.15) is 0 Å². The normalized spacial score (nSPS) is 16.4. The summed E-state index contributed by atoms with van der Waals surface area (Å²) in [6, 6.07) is 0. The van der Waals surface area contributed by atoms with Crippen molar-refractivity contribution in [2.45, 2.75) is 53.1 Å². The highest BCUT2D eigenvalue weighted by atomic mass is 16.5. The predicted molar refractivity (Wildman–Crippen MR) is 49.8 cm³/mol. The third-order valence-corrected chi connectivity index (χ3v) is 2.13. The Morgan fingerprint density at radius 2 is 1.73 bits per heavy atom. The molecule has 0 fully saturated rings. The molecule has 0 radical (unpaired) electrons. The van der Waals surface area contributed by atoms with Gasteiger partial charge in [-0.15, -0.1) is 0 Å². The van der Waals surface area contributed by atoms with Gasteiger partial charge >= 0.3 is 0 Å². The second-order valence-electron chi connectivity index (χ2n) is 3.34. The maximum Gasteiger partial charge on any atom is 0.0572 e. The number of hydrogen-bond donors (Lipinski definition) is 0. The molecule has 0 amide bonds. The molecule has 0 aromatic rings. The summed E-state index contributed by atoms with van der Waals surface area (Å²) < 4.78 is 5.61. The Bertz CT molecular complexity index is 80.9. The molecule has 0 aliphatic rings. The average Bonchev–Trinajstić information content (AvgIpc) is 2.00. The highest BCUT2D eigenvalue weighted by Crippen LogP contribution is 2.13. The lowest BCUT2D eigenvalue weighted by Gasteiger charge is -2.19. The lowest BCUT2D eigenvalue weighted by Crippen LogP contribution is -2.18. The SMILES string of the molecule is CCCOC(C)C(C)CCC. The van der Waals surface area contributed by atoms with Crippen LogP contribution in [-0.2, 0) is 4.74 Å². The van der Waals surface area contributed by atoms with E-state index in [1.807, 2.05) is 0 Å². The predicted octanol–water partition coefficient (Wildman–Crippen LogP) is 3.24. The molecule has 1 nitrogen and oxygen atoms in total. The van der Waals surface area contributed by atoms with Crippen LogP contribution in [0.5, 0.6) is 0 Å². The van der Waals surface area contributed by atoms with Crippen molar-refractivity contribution in [1.82, 2.24) is 0 Å². The molecule has 68 valence electrons. The van der Waals surface area contributed by atoms with E-state index in [1.165, 1.54) is 12.8 Å². The fourth-order valence-corrected chi connectivity index (χ4v) is 1.16. The van der Waals surface area contributed by atoms with Crippen molar-refractivity contribution < 1.29 is 4.74 Å². The van der Waals surface area contributed by atoms with Crippen LogP contribution in [-0.4, -0.2) is 12.7 Å². The van der Waals surface area contributed by atoms with Gasteiger partial charge in [0.15, 0.2) is 0 Å². The summed E-state index contributed by atoms with van der Waals surface area (Å²) in [5.41, 5.74) is 0. The summed E-state index contributed by atoms with van der Waals surface area (Å²) in [6.07, 6.45) is 4.12. The van der Waals surface area contributed by atoms with Crippen LogP contribution < -0.4 is 0 Å². The van der Waals surface area contributed by atoms with Crippen molar-refractivity contribution in [2.24, 2.45) is 5.92 Å². The molecule has 0 rings (SSSR count). The minimum Gasteiger partial charge on any atom is -0.378 e. The zero-order chi connectivity index (χ0) is 8.69. The van der Waals surface area contributed by atoms with Gasteiger partial charge in [0, 0.05) is 6.61 Å². The third-order valence-electron chi connectivity index (χ3n) is 2.13. The van der Waals surface area contributed by atoms with Crippen molar-refractivity contribution in [3.8, 4) is 0 Å². The van der Waals surface area contributed by atoms with E-state index in [0.717, 1.165) is 13.0 Å². The van der Waals surface area contributed by atoms with E-state index in [9.17, 15) is 0 Å². The second kappa shape index (κ2) is 6.66. The maximum atomic E-state index is 5.61. The van der Waals surface area contributed by atoms with Crippen molar-refractivity contribution in [3.63, 3.8) is 0 Å². The first kappa shape index (κ1) is 11.0. The first-order chi connectivity index (χ1) is 5.22. The van der Waals surface area contributed by atoms with E-state index in [2.05, 4.69) is 27.7 Å². The van der Waals surface area contributed by atoms with Gasteiger partial charge in [-0.25, -0.2) is 0 Å². The summed E-state index contributed by atoms with van der Waals surface area (Å²) in [6.45, 7) is 9.73. The van der Waals surface area contributed by atoms with Crippen LogP contribution in [0.3, 0.4) is 0 Å². The molecule has 0 aromatic carbocycles. The number of ether oxygens (including phenoxy) is 1. The minimum atomic E-state index is 0.440. The Hall–Kier alpha value is -0.0400. The Labute approximate surface area is 71.1 Å². The van der Waals surface area contributed by atoms with Crippen molar-refractivity contribution in [2.75, 3.05) is 6.61 Å². The fourth-order valence-electron chi connectivity index (χ4n) is 1.16. The van der Waals surface area contributed by atoms with E-state index in [4.69, 9.17) is 4.74 Å². The molecule has 1 heteroatoms. The van der Waals surface area contributed by atoms with Crippen LogP contribution in [0, 0.1) is 5.92 Å². The largest absolute Gasteiger partial charge is 0.378 e. The Balaban J connectivity index is 3.38. The lowest BCUT2D eigenvalue weighted by atomic mass is 10.0. The molecule has 0 N–H and O–H groups in total. The molecular weight excluding hydrogens is 136 g/mol. The minimum absolute atomic E-state index is 0.440. The van der Waals surface area contributed by atoms with Crippen molar-refractivity contribution in [1.29, 1.82) is 0 Å². The first-order valence-electron chi connectivity index (χ1n) is 4.83. The van der Waals surface area contributed by atoms with Crippen LogP contribution in [0.4, 0.5) is 0 Å². The molecule has 2 unspecified atom stereocenters. The zero-order valence-electron chi connectivity index (χ0n) is 8.39. The van der Waals surface area contributed by atoms with Gasteiger partial charge < -0.3 is 4.74 Å². The van der Waals surface area contributed by atoms with Crippen LogP contribution in [0.15, 0.2) is 0 Å². The summed E-state index contributed by atoms with van der Waals surface area (Å²) in [5, 5.41) is 0. The molecule has 0 aliphatic carbocycles. The van der Waals surface area contributed by atoms with Gasteiger partial charge in [-0.2, -0.15) is 0 Å². The highest BCUT2D eigenvalue weighted by Gasteiger charge is 2.10. The van der Waals surface area contributed by atoms with Gasteiger partial charge in [-0.3, -0.25) is 0 Å². The molecule has 0 aromatic heterocycles. The molecule has 0 saturated heterocycles. The van der Waals surface area contributed by atoms with Crippen LogP contribution in [0.1, 0.15) is 47.0 Å². The van der Waals surface area contributed by atoms with Crippen LogP contribution in [0.25, 0.3) is 0 Å². The lowest BCUT2D eigenvalue weighted by molar-refractivity contribution is 0.0280. The summed E-state index contributed by atoms with van der Waals surface area (Å²) in [5.74, 6) is 0.714. The van der Waals surface area contributed by atoms with Gasteiger partial charge in [0.05, 0.1) is 6.10 Å². The molecule has 11 heavy (non-hydrogen) atoms. The number of rotatable bonds is 6. The molecule has 2 atom stereocenters. The van der Waals surface area contributed by atoms with Gasteiger partial charge in [0.25, 0.3) is 0 Å². The summed E-state index contributed by atoms with van der Waals surface area (Å²) in [7, 11) is 0. The summed E-state index contributed by atoms with van der Waals surface area (Å²) in [4.78, 5) is 0. The van der Waals surface area contributed by atoms with E-state index in [1.54, 1.807) is 0 Å². The van der Waals surface area contributed by atoms with Crippen LogP contribution >= 0.6 is 0 Å². The zero-order valence-corrected chi connectivity index (χ0v) is 8.39. The van der Waals surface area contributed by atoms with Gasteiger partial charge in [0.2, 0.25) is 0 Å². The highest BCUT2D eigenvalue weighted by molar-refractivity contribution is 4.59. The fraction of sp³-hybridized carbons (Fsp3) is 1.00. The third kappa shape index (κ3) is 5.25. The number of hydrogen-bond acceptors (Lipinski definition) is 1. The van der Waals surface area contributed by atoms with Crippen molar-refractivity contribution >= 4 is 0 Å². The van der Waals surface area contributed by atoms with E-state index in [0.29, 0.717) is 12.0 Å². The monoisotopic (exact) mass is 158 g/mol. The molecule has 0 aliphatic heterocycles. The smallest absolute Gasteiger partial charge is 0.0572 e. The maximum absolute atomic E-state index is 5.61. The van der Waals surface area contributed by atoms with E-state index < -0.39 is 0 Å². The first-order valence-corrected chi connectivity index (χ1v) is 4.83. The average molecular weight is 158 g/mol. The molecule has 0 saturated carbocycles. The Morgan fingerprint density at radius 3 is 2.18 bits per heavy atom. The van der Waals surface area contributed by atoms with E-state index in [-0.39, 0.29) is 0 Å². The van der Waals surface area contributed by atoms with E-state index >= 15 is 0 Å².